The van der Waals surface area contributed by atoms with E-state index in [0.717, 1.165) is 41.4 Å². The lowest BCUT2D eigenvalue weighted by molar-refractivity contribution is 0.0144. The van der Waals surface area contributed by atoms with E-state index in [1.54, 1.807) is 6.07 Å². The number of fused-ring (bicyclic) bond motifs is 1. The van der Waals surface area contributed by atoms with Crippen molar-refractivity contribution in [2.75, 3.05) is 18.4 Å². The molecule has 0 unspecified atom stereocenters. The summed E-state index contributed by atoms with van der Waals surface area (Å²) in [4.78, 5) is 23.3. The van der Waals surface area contributed by atoms with E-state index >= 15 is 0 Å². The standard InChI is InChI=1S/C30H39N5OS/c1-20(2)22-12-14-30(15-13-22)18-34(19-30)37-25-9-10-26(21(3)16-25)32-29-31-17-23-8-11-27(36)35(28(23)33-29)24-6-4-5-7-24/h8-11,16-17,20,22,24H,4-7,12-15,18-19H2,1-3H3,(H,31,32,33). The summed E-state index contributed by atoms with van der Waals surface area (Å²) in [7, 11) is 0. The van der Waals surface area contributed by atoms with Crippen molar-refractivity contribution < 1.29 is 0 Å². The summed E-state index contributed by atoms with van der Waals surface area (Å²) in [6.07, 6.45) is 11.9. The zero-order chi connectivity index (χ0) is 25.6. The Morgan fingerprint density at radius 3 is 2.51 bits per heavy atom. The van der Waals surface area contributed by atoms with Gasteiger partial charge in [0.05, 0.1) is 0 Å². The highest BCUT2D eigenvalue weighted by Crippen LogP contribution is 2.50. The fraction of sp³-hybridized carbons (Fsp3) is 0.567. The molecule has 0 amide bonds. The molecule has 1 spiro atoms. The highest BCUT2D eigenvalue weighted by Gasteiger charge is 2.45. The van der Waals surface area contributed by atoms with Crippen LogP contribution in [0.4, 0.5) is 11.6 Å². The van der Waals surface area contributed by atoms with Crippen LogP contribution in [0.15, 0.2) is 46.2 Å². The van der Waals surface area contributed by atoms with Crippen molar-refractivity contribution in [3.8, 4) is 0 Å². The molecule has 2 saturated carbocycles. The Labute approximate surface area is 224 Å². The van der Waals surface area contributed by atoms with Crippen LogP contribution in [0.1, 0.15) is 76.8 Å². The Bertz CT molecular complexity index is 1330. The Morgan fingerprint density at radius 1 is 1.05 bits per heavy atom. The molecule has 37 heavy (non-hydrogen) atoms. The van der Waals surface area contributed by atoms with Crippen molar-refractivity contribution in [2.24, 2.45) is 17.3 Å². The number of hydrogen-bond donors (Lipinski definition) is 1. The van der Waals surface area contributed by atoms with Crippen LogP contribution in [-0.2, 0) is 0 Å². The van der Waals surface area contributed by atoms with Crippen molar-refractivity contribution in [1.82, 2.24) is 18.8 Å². The first-order chi connectivity index (χ1) is 17.9. The Kier molecular flexibility index (Phi) is 6.78. The first-order valence-electron chi connectivity index (χ1n) is 14.1. The second-order valence-electron chi connectivity index (χ2n) is 12.0. The van der Waals surface area contributed by atoms with E-state index < -0.39 is 0 Å². The Hall–Kier alpha value is -2.38. The molecular formula is C30H39N5OS. The van der Waals surface area contributed by atoms with Crippen LogP contribution in [0.2, 0.25) is 0 Å². The normalized spacial score (nSPS) is 20.6. The van der Waals surface area contributed by atoms with E-state index in [-0.39, 0.29) is 11.6 Å². The molecule has 2 aliphatic carbocycles. The molecule has 0 atom stereocenters. The van der Waals surface area contributed by atoms with Gasteiger partial charge in [-0.3, -0.25) is 9.36 Å². The van der Waals surface area contributed by atoms with E-state index in [9.17, 15) is 4.79 Å². The number of hydrogen-bond acceptors (Lipinski definition) is 6. The van der Waals surface area contributed by atoms with Gasteiger partial charge in [0.25, 0.3) is 5.56 Å². The van der Waals surface area contributed by atoms with Gasteiger partial charge in [-0.15, -0.1) is 0 Å². The van der Waals surface area contributed by atoms with Crippen LogP contribution in [0, 0.1) is 24.2 Å². The van der Waals surface area contributed by atoms with Crippen LogP contribution in [0.5, 0.6) is 0 Å². The third-order valence-electron chi connectivity index (χ3n) is 9.09. The van der Waals surface area contributed by atoms with Gasteiger partial charge in [-0.2, -0.15) is 4.98 Å². The molecule has 0 bridgehead atoms. The maximum atomic E-state index is 12.7. The Balaban J connectivity index is 1.12. The van der Waals surface area contributed by atoms with Gasteiger partial charge in [0.1, 0.15) is 5.65 Å². The molecule has 6 rings (SSSR count). The molecule has 3 fully saturated rings. The molecule has 3 heterocycles. The van der Waals surface area contributed by atoms with Gasteiger partial charge >= 0.3 is 0 Å². The number of nitrogens with zero attached hydrogens (tertiary/aromatic N) is 4. The smallest absolute Gasteiger partial charge is 0.252 e. The second kappa shape index (κ2) is 10.1. The molecule has 3 aliphatic rings. The lowest BCUT2D eigenvalue weighted by Gasteiger charge is -2.53. The van der Waals surface area contributed by atoms with E-state index in [4.69, 9.17) is 4.98 Å². The lowest BCUT2D eigenvalue weighted by Crippen LogP contribution is -2.54. The van der Waals surface area contributed by atoms with E-state index in [2.05, 4.69) is 53.6 Å². The average molecular weight is 518 g/mol. The van der Waals surface area contributed by atoms with E-state index in [0.29, 0.717) is 11.4 Å². The number of aromatic nitrogens is 3. The zero-order valence-electron chi connectivity index (χ0n) is 22.4. The van der Waals surface area contributed by atoms with Crippen molar-refractivity contribution in [2.45, 2.75) is 83.1 Å². The number of aryl methyl sites for hydroxylation is 1. The minimum absolute atomic E-state index is 0.0300. The van der Waals surface area contributed by atoms with Crippen LogP contribution in [-0.4, -0.2) is 31.9 Å². The quantitative estimate of drug-likeness (QED) is 0.352. The molecule has 0 radical (unpaired) electrons. The molecule has 1 N–H and O–H groups in total. The van der Waals surface area contributed by atoms with E-state index in [1.807, 2.05) is 28.8 Å². The summed E-state index contributed by atoms with van der Waals surface area (Å²) >= 11 is 1.89. The van der Waals surface area contributed by atoms with Crippen LogP contribution in [0.25, 0.3) is 11.0 Å². The molecule has 196 valence electrons. The van der Waals surface area contributed by atoms with Crippen molar-refractivity contribution in [3.05, 3.63) is 52.4 Å². The zero-order valence-corrected chi connectivity index (χ0v) is 23.2. The van der Waals surface area contributed by atoms with Crippen molar-refractivity contribution in [1.29, 1.82) is 0 Å². The SMILES string of the molecule is Cc1cc(SN2CC3(CCC(C(C)C)CC3)C2)ccc1Nc1ncc2ccc(=O)n(C3CCCC3)c2n1. The Morgan fingerprint density at radius 2 is 1.81 bits per heavy atom. The van der Waals surface area contributed by atoms with Crippen molar-refractivity contribution >= 4 is 34.6 Å². The van der Waals surface area contributed by atoms with Gasteiger partial charge in [0.15, 0.2) is 0 Å². The number of nitrogens with one attached hydrogen (secondary N) is 1. The number of pyridine rings is 1. The topological polar surface area (TPSA) is 63.1 Å². The van der Waals surface area contributed by atoms with Crippen LogP contribution in [0.3, 0.4) is 0 Å². The molecule has 1 aromatic carbocycles. The fourth-order valence-corrected chi connectivity index (χ4v) is 8.05. The minimum atomic E-state index is 0.0300. The van der Waals surface area contributed by atoms with Gasteiger partial charge in [0.2, 0.25) is 5.95 Å². The predicted molar refractivity (Wildman–Crippen MR) is 152 cm³/mol. The van der Waals surface area contributed by atoms with Gasteiger partial charge in [0, 0.05) is 47.4 Å². The van der Waals surface area contributed by atoms with Gasteiger partial charge in [-0.1, -0.05) is 26.7 Å². The summed E-state index contributed by atoms with van der Waals surface area (Å²) in [5, 5.41) is 4.32. The fourth-order valence-electron chi connectivity index (χ4n) is 6.72. The number of rotatable bonds is 6. The largest absolute Gasteiger partial charge is 0.324 e. The third-order valence-corrected chi connectivity index (χ3v) is 10.1. The van der Waals surface area contributed by atoms with E-state index in [1.165, 1.54) is 62.1 Å². The second-order valence-corrected chi connectivity index (χ2v) is 13.2. The molecule has 6 nitrogen and oxygen atoms in total. The highest BCUT2D eigenvalue weighted by atomic mass is 32.2. The molecule has 2 aromatic heterocycles. The molecular weight excluding hydrogens is 478 g/mol. The maximum absolute atomic E-state index is 12.7. The van der Waals surface area contributed by atoms with Crippen molar-refractivity contribution in [3.63, 3.8) is 0 Å². The lowest BCUT2D eigenvalue weighted by atomic mass is 9.65. The number of anilines is 2. The first kappa shape index (κ1) is 24.9. The maximum Gasteiger partial charge on any atom is 0.252 e. The predicted octanol–water partition coefficient (Wildman–Crippen LogP) is 7.11. The van der Waals surface area contributed by atoms with Gasteiger partial charge in [-0.05, 0) is 104 Å². The summed E-state index contributed by atoms with van der Waals surface area (Å²) in [6.45, 7) is 9.33. The molecule has 3 aromatic rings. The van der Waals surface area contributed by atoms with Crippen LogP contribution < -0.4 is 10.9 Å². The molecule has 7 heteroatoms. The summed E-state index contributed by atoms with van der Waals surface area (Å²) < 4.78 is 4.42. The third kappa shape index (κ3) is 5.05. The van der Waals surface area contributed by atoms with Crippen LogP contribution >= 0.6 is 11.9 Å². The molecule has 1 aliphatic heterocycles. The summed E-state index contributed by atoms with van der Waals surface area (Å²) in [5.41, 5.74) is 3.50. The monoisotopic (exact) mass is 517 g/mol. The first-order valence-corrected chi connectivity index (χ1v) is 14.9. The van der Waals surface area contributed by atoms with Gasteiger partial charge in [-0.25, -0.2) is 9.29 Å². The summed E-state index contributed by atoms with van der Waals surface area (Å²) in [5.74, 6) is 2.29. The average Bonchev–Trinajstić information content (AvgIpc) is 3.39. The summed E-state index contributed by atoms with van der Waals surface area (Å²) in [6, 6.07) is 10.3. The van der Waals surface area contributed by atoms with Gasteiger partial charge < -0.3 is 5.32 Å². The molecule has 1 saturated heterocycles. The highest BCUT2D eigenvalue weighted by molar-refractivity contribution is 7.97. The number of benzene rings is 1. The minimum Gasteiger partial charge on any atom is -0.324 e.